The quantitative estimate of drug-likeness (QED) is 0.159. The Hall–Kier alpha value is -4.58. The summed E-state index contributed by atoms with van der Waals surface area (Å²) in [5.74, 6) is 3.18. The second-order valence-corrected chi connectivity index (χ2v) is 9.96. The summed E-state index contributed by atoms with van der Waals surface area (Å²) in [7, 11) is 3.04. The number of carbonyl (C=O) groups excluding carboxylic acids is 1. The summed E-state index contributed by atoms with van der Waals surface area (Å²) in [6.45, 7) is 18.5. The van der Waals surface area contributed by atoms with E-state index in [2.05, 4.69) is 58.9 Å². The lowest BCUT2D eigenvalue weighted by Crippen LogP contribution is -2.12. The van der Waals surface area contributed by atoms with E-state index in [0.29, 0.717) is 29.9 Å². The van der Waals surface area contributed by atoms with Gasteiger partial charge in [-0.3, -0.25) is 4.79 Å². The van der Waals surface area contributed by atoms with Gasteiger partial charge in [-0.15, -0.1) is 12.3 Å². The molecule has 0 aliphatic heterocycles. The van der Waals surface area contributed by atoms with Gasteiger partial charge in [0.15, 0.2) is 0 Å². The molecule has 228 valence electrons. The number of oxime groups is 1. The molecule has 9 nitrogen and oxygen atoms in total. The highest BCUT2D eigenvalue weighted by molar-refractivity contribution is 6.04. The number of benzene rings is 2. The van der Waals surface area contributed by atoms with E-state index in [1.807, 2.05) is 58.9 Å². The third-order valence-corrected chi connectivity index (χ3v) is 4.55. The minimum Gasteiger partial charge on any atom is -0.481 e. The molecule has 0 radical (unpaired) electrons. The fourth-order valence-corrected chi connectivity index (χ4v) is 2.70. The van der Waals surface area contributed by atoms with Crippen LogP contribution in [-0.2, 0) is 4.84 Å². The van der Waals surface area contributed by atoms with Crippen LogP contribution < -0.4 is 20.1 Å². The lowest BCUT2D eigenvalue weighted by Gasteiger charge is -2.15. The van der Waals surface area contributed by atoms with Crippen molar-refractivity contribution in [1.82, 2.24) is 9.97 Å². The minimum atomic E-state index is -0.176. The van der Waals surface area contributed by atoms with E-state index in [-0.39, 0.29) is 11.3 Å². The number of methoxy groups -OCH3 is 2. The van der Waals surface area contributed by atoms with Gasteiger partial charge in [-0.1, -0.05) is 57.5 Å². The normalized spacial score (nSPS) is 9.48. The summed E-state index contributed by atoms with van der Waals surface area (Å²) < 4.78 is 10.3. The highest BCUT2D eigenvalue weighted by atomic mass is 16.6. The van der Waals surface area contributed by atoms with Crippen LogP contribution in [0.25, 0.3) is 0 Å². The van der Waals surface area contributed by atoms with Crippen molar-refractivity contribution in [2.45, 2.75) is 62.3 Å². The summed E-state index contributed by atoms with van der Waals surface area (Å²) in [5, 5.41) is 9.76. The molecule has 0 saturated carbocycles. The Morgan fingerprint density at radius 1 is 0.929 bits per heavy atom. The second kappa shape index (κ2) is 20.3. The van der Waals surface area contributed by atoms with Gasteiger partial charge >= 0.3 is 0 Å². The van der Waals surface area contributed by atoms with E-state index in [1.165, 1.54) is 14.2 Å². The summed E-state index contributed by atoms with van der Waals surface area (Å²) in [4.78, 5) is 25.8. The first-order chi connectivity index (χ1) is 19.9. The maximum absolute atomic E-state index is 12.3. The van der Waals surface area contributed by atoms with Gasteiger partial charge in [-0.05, 0) is 69.5 Å². The molecule has 0 bridgehead atoms. The highest BCUT2D eigenvalue weighted by Crippen LogP contribution is 2.21. The zero-order chi connectivity index (χ0) is 32.1. The van der Waals surface area contributed by atoms with Crippen molar-refractivity contribution < 1.29 is 19.1 Å². The van der Waals surface area contributed by atoms with Gasteiger partial charge in [0.05, 0.1) is 26.0 Å². The van der Waals surface area contributed by atoms with Crippen LogP contribution in [0.15, 0.2) is 59.8 Å². The molecule has 0 unspecified atom stereocenters. The monoisotopic (exact) mass is 577 g/mol. The Morgan fingerprint density at radius 2 is 1.40 bits per heavy atom. The number of nitrogens with one attached hydrogen (secondary N) is 2. The van der Waals surface area contributed by atoms with Crippen LogP contribution >= 0.6 is 0 Å². The fraction of sp³-hybridized carbons (Fsp3) is 0.394. The van der Waals surface area contributed by atoms with E-state index in [0.717, 1.165) is 22.6 Å². The van der Waals surface area contributed by atoms with Crippen LogP contribution in [0.1, 0.15) is 71.3 Å². The maximum atomic E-state index is 12.3. The molecule has 0 aliphatic rings. The van der Waals surface area contributed by atoms with Crippen molar-refractivity contribution in [3.8, 4) is 24.1 Å². The standard InChI is InChI=1S/C20H20N4O3.C8H17NO.C3H4.C2H6/c1-13-4-8-15(9-5-13)21-19(25)14-6-10-16(11-7-14)22-20-23-17(26-2)12-18(24-20)27-3;1-7(2)9-10-6-8(3,4)5;1-3-2;1-2/h4-12H,1-3H3,(H,21,25)(H,22,23,24);6H2,1-5H3;1H,2H3;1-2H3. The lowest BCUT2D eigenvalue weighted by molar-refractivity contribution is 0.0769. The Bertz CT molecular complexity index is 1230. The van der Waals surface area contributed by atoms with Crippen LogP contribution in [0.4, 0.5) is 17.3 Å². The summed E-state index contributed by atoms with van der Waals surface area (Å²) in [5.41, 5.74) is 4.34. The molecule has 3 rings (SSSR count). The minimum absolute atomic E-state index is 0.176. The van der Waals surface area contributed by atoms with Gasteiger partial charge < -0.3 is 24.9 Å². The van der Waals surface area contributed by atoms with Crippen molar-refractivity contribution in [3.63, 3.8) is 0 Å². The van der Waals surface area contributed by atoms with E-state index >= 15 is 0 Å². The van der Waals surface area contributed by atoms with Crippen molar-refractivity contribution in [2.75, 3.05) is 31.5 Å². The number of terminal acetylenes is 1. The molecule has 2 aromatic carbocycles. The Kier molecular flexibility index (Phi) is 18.1. The molecule has 1 amide bonds. The van der Waals surface area contributed by atoms with Crippen molar-refractivity contribution in [3.05, 3.63) is 65.7 Å². The predicted octanol–water partition coefficient (Wildman–Crippen LogP) is 7.91. The molecule has 0 saturated heterocycles. The highest BCUT2D eigenvalue weighted by Gasteiger charge is 2.10. The number of aryl methyl sites for hydroxylation is 1. The van der Waals surface area contributed by atoms with Crippen LogP contribution in [0.3, 0.4) is 0 Å². The largest absolute Gasteiger partial charge is 0.481 e. The van der Waals surface area contributed by atoms with Gasteiger partial charge in [-0.2, -0.15) is 9.97 Å². The lowest BCUT2D eigenvalue weighted by atomic mass is 9.99. The topological polar surface area (TPSA) is 107 Å². The fourth-order valence-electron chi connectivity index (χ4n) is 2.70. The molecule has 42 heavy (non-hydrogen) atoms. The number of hydrogen-bond acceptors (Lipinski definition) is 8. The number of anilines is 3. The first-order valence-electron chi connectivity index (χ1n) is 13.6. The number of rotatable bonds is 8. The summed E-state index contributed by atoms with van der Waals surface area (Å²) in [6.07, 6.45) is 4.60. The zero-order valence-electron chi connectivity index (χ0n) is 27.0. The zero-order valence-corrected chi connectivity index (χ0v) is 27.0. The first kappa shape index (κ1) is 37.4. The van der Waals surface area contributed by atoms with Crippen molar-refractivity contribution in [1.29, 1.82) is 0 Å². The number of nitrogens with zero attached hydrogens (tertiary/aromatic N) is 3. The Morgan fingerprint density at radius 3 is 1.83 bits per heavy atom. The third-order valence-electron chi connectivity index (χ3n) is 4.55. The number of carbonyl (C=O) groups is 1. The van der Waals surface area contributed by atoms with E-state index in [4.69, 9.17) is 14.3 Å². The first-order valence-corrected chi connectivity index (χ1v) is 13.6. The smallest absolute Gasteiger partial charge is 0.255 e. The average molecular weight is 578 g/mol. The van der Waals surface area contributed by atoms with Gasteiger partial charge in [0.1, 0.15) is 6.61 Å². The molecule has 0 aliphatic carbocycles. The third kappa shape index (κ3) is 16.5. The predicted molar refractivity (Wildman–Crippen MR) is 174 cm³/mol. The summed E-state index contributed by atoms with van der Waals surface area (Å²) >= 11 is 0. The second-order valence-electron chi connectivity index (χ2n) is 9.96. The molecule has 3 aromatic rings. The number of aromatic nitrogens is 2. The molecule has 0 spiro atoms. The van der Waals surface area contributed by atoms with E-state index < -0.39 is 0 Å². The van der Waals surface area contributed by atoms with Gasteiger partial charge in [-0.25, -0.2) is 0 Å². The number of hydrogen-bond donors (Lipinski definition) is 2. The summed E-state index contributed by atoms with van der Waals surface area (Å²) in [6, 6.07) is 16.2. The van der Waals surface area contributed by atoms with Crippen LogP contribution in [-0.4, -0.2) is 42.4 Å². The molecule has 9 heteroatoms. The Balaban J connectivity index is 0.000000939. The molecule has 0 fully saturated rings. The van der Waals surface area contributed by atoms with Crippen molar-refractivity contribution in [2.24, 2.45) is 10.6 Å². The van der Waals surface area contributed by atoms with Crippen molar-refractivity contribution >= 4 is 28.9 Å². The van der Waals surface area contributed by atoms with Gasteiger partial charge in [0, 0.05) is 16.9 Å². The SMILES string of the molecule is C#CC.CC.CC(C)=NOCC(C)(C)C.COc1cc(OC)nc(Nc2ccc(C(=O)Nc3ccc(C)cc3)cc2)n1. The van der Waals surface area contributed by atoms with Crippen LogP contribution in [0.5, 0.6) is 11.8 Å². The maximum Gasteiger partial charge on any atom is 0.255 e. The number of ether oxygens (including phenoxy) is 2. The molecule has 1 heterocycles. The average Bonchev–Trinajstić information content (AvgIpc) is 2.95. The van der Waals surface area contributed by atoms with E-state index in [1.54, 1.807) is 37.3 Å². The number of amides is 1. The molecule has 2 N–H and O–H groups in total. The van der Waals surface area contributed by atoms with Gasteiger partial charge in [0.2, 0.25) is 17.7 Å². The van der Waals surface area contributed by atoms with Crippen LogP contribution in [0, 0.1) is 24.7 Å². The molecule has 0 atom stereocenters. The molecular formula is C33H47N5O4. The molecule has 1 aromatic heterocycles. The van der Waals surface area contributed by atoms with E-state index in [9.17, 15) is 4.79 Å². The van der Waals surface area contributed by atoms with Gasteiger partial charge in [0.25, 0.3) is 5.91 Å². The Labute approximate surface area is 252 Å². The molecular weight excluding hydrogens is 530 g/mol. The van der Waals surface area contributed by atoms with Crippen LogP contribution in [0.2, 0.25) is 0 Å².